The Morgan fingerprint density at radius 2 is 2.03 bits per heavy atom. The first-order chi connectivity index (χ1) is 14.8. The van der Waals surface area contributed by atoms with Crippen LogP contribution in [0.1, 0.15) is 15.4 Å². The summed E-state index contributed by atoms with van der Waals surface area (Å²) in [5, 5.41) is 20.0. The molecule has 2 amide bonds. The summed E-state index contributed by atoms with van der Waals surface area (Å²) in [5.41, 5.74) is -0.372. The maximum atomic E-state index is 13.9. The molecule has 0 saturated carbocycles. The number of thioether (sulfide) groups is 2. The van der Waals surface area contributed by atoms with Gasteiger partial charge in [0.1, 0.15) is 39.3 Å². The second-order valence-electron chi connectivity index (χ2n) is 6.59. The summed E-state index contributed by atoms with van der Waals surface area (Å²) in [6.45, 7) is 1.81. The zero-order chi connectivity index (χ0) is 22.3. The van der Waals surface area contributed by atoms with Crippen LogP contribution in [-0.4, -0.2) is 60.9 Å². The number of halogens is 2. The van der Waals surface area contributed by atoms with Gasteiger partial charge in [-0.2, -0.15) is 0 Å². The van der Waals surface area contributed by atoms with E-state index in [9.17, 15) is 28.3 Å². The number of aromatic nitrogens is 2. The Balaban J connectivity index is 1.50. The number of hydrogen-bond acceptors (Lipinski definition) is 8. The molecule has 8 nitrogen and oxygen atoms in total. The minimum atomic E-state index is -1.26. The molecule has 4 rings (SSSR count). The number of rotatable bonds is 6. The third-order valence-corrected chi connectivity index (χ3v) is 8.00. The normalized spacial score (nSPS) is 20.4. The highest BCUT2D eigenvalue weighted by atomic mass is 32.2. The lowest BCUT2D eigenvalue weighted by molar-refractivity contribution is -0.148. The van der Waals surface area contributed by atoms with Crippen LogP contribution < -0.4 is 5.32 Å². The van der Waals surface area contributed by atoms with Gasteiger partial charge in [0.05, 0.1) is 0 Å². The fourth-order valence-electron chi connectivity index (χ4n) is 3.21. The third kappa shape index (κ3) is 4.04. The van der Waals surface area contributed by atoms with E-state index in [1.807, 2.05) is 6.92 Å². The summed E-state index contributed by atoms with van der Waals surface area (Å²) in [5.74, 6) is -4.42. The summed E-state index contributed by atoms with van der Waals surface area (Å²) < 4.78 is 28.4. The van der Waals surface area contributed by atoms with Crippen molar-refractivity contribution in [2.45, 2.75) is 22.7 Å². The van der Waals surface area contributed by atoms with Gasteiger partial charge in [0.2, 0.25) is 0 Å². The summed E-state index contributed by atoms with van der Waals surface area (Å²) in [6, 6.07) is 1.93. The van der Waals surface area contributed by atoms with E-state index < -0.39 is 46.4 Å². The number of carboxylic acid groups (broad SMARTS) is 1. The Morgan fingerprint density at radius 1 is 1.32 bits per heavy atom. The molecule has 31 heavy (non-hydrogen) atoms. The highest BCUT2D eigenvalue weighted by molar-refractivity contribution is 8.01. The molecule has 0 unspecified atom stereocenters. The van der Waals surface area contributed by atoms with E-state index in [0.29, 0.717) is 21.4 Å². The van der Waals surface area contributed by atoms with E-state index in [1.165, 1.54) is 34.9 Å². The van der Waals surface area contributed by atoms with Gasteiger partial charge >= 0.3 is 5.97 Å². The van der Waals surface area contributed by atoms with Crippen molar-refractivity contribution in [3.8, 4) is 0 Å². The third-order valence-electron chi connectivity index (χ3n) is 4.60. The molecule has 1 saturated heterocycles. The molecule has 2 atom stereocenters. The van der Waals surface area contributed by atoms with Crippen LogP contribution in [0.5, 0.6) is 0 Å². The predicted octanol–water partition coefficient (Wildman–Crippen LogP) is 2.27. The van der Waals surface area contributed by atoms with E-state index >= 15 is 0 Å². The van der Waals surface area contributed by atoms with Crippen LogP contribution in [0.3, 0.4) is 0 Å². The number of aryl methyl sites for hydroxylation is 1. The lowest BCUT2D eigenvalue weighted by Gasteiger charge is -2.49. The van der Waals surface area contributed by atoms with Crippen molar-refractivity contribution < 1.29 is 28.3 Å². The summed E-state index contributed by atoms with van der Waals surface area (Å²) in [7, 11) is 0. The number of carbonyl (C=O) groups is 3. The van der Waals surface area contributed by atoms with Crippen molar-refractivity contribution in [1.82, 2.24) is 20.4 Å². The average molecular weight is 485 g/mol. The number of carboxylic acids is 1. The average Bonchev–Trinajstić information content (AvgIpc) is 3.14. The lowest BCUT2D eigenvalue weighted by Crippen LogP contribution is -2.70. The molecule has 0 bridgehead atoms. The van der Waals surface area contributed by atoms with Gasteiger partial charge in [-0.15, -0.1) is 22.0 Å². The van der Waals surface area contributed by atoms with Crippen LogP contribution in [0.4, 0.5) is 8.78 Å². The van der Waals surface area contributed by atoms with Crippen LogP contribution in [0.25, 0.3) is 0 Å². The second-order valence-corrected chi connectivity index (χ2v) is 10.1. The monoisotopic (exact) mass is 484 g/mol. The van der Waals surface area contributed by atoms with Gasteiger partial charge in [-0.3, -0.25) is 14.5 Å². The molecule has 2 aromatic rings. The minimum absolute atomic E-state index is 0.134. The lowest BCUT2D eigenvalue weighted by atomic mass is 10.0. The fraction of sp³-hybridized carbons (Fsp3) is 0.278. The number of β-lactam (4-membered cyclic amide) rings is 1. The van der Waals surface area contributed by atoms with Crippen molar-refractivity contribution >= 4 is 52.6 Å². The maximum absolute atomic E-state index is 13.9. The maximum Gasteiger partial charge on any atom is 0.352 e. The molecule has 0 aliphatic carbocycles. The van der Waals surface area contributed by atoms with Gasteiger partial charge in [-0.05, 0) is 24.6 Å². The highest BCUT2D eigenvalue weighted by Crippen LogP contribution is 2.41. The number of amides is 2. The number of nitrogens with zero attached hydrogens (tertiary/aromatic N) is 3. The summed E-state index contributed by atoms with van der Waals surface area (Å²) >= 11 is 3.99. The van der Waals surface area contributed by atoms with Crippen LogP contribution in [0.2, 0.25) is 0 Å². The Hall–Kier alpha value is -2.51. The Morgan fingerprint density at radius 3 is 2.65 bits per heavy atom. The number of benzene rings is 1. The minimum Gasteiger partial charge on any atom is -0.477 e. The van der Waals surface area contributed by atoms with Crippen molar-refractivity contribution in [3.63, 3.8) is 0 Å². The molecule has 2 aliphatic rings. The molecule has 2 N–H and O–H groups in total. The number of nitrogens with one attached hydrogen (secondary N) is 1. The molecule has 0 radical (unpaired) electrons. The number of hydrogen-bond donors (Lipinski definition) is 2. The topological polar surface area (TPSA) is 112 Å². The quantitative estimate of drug-likeness (QED) is 0.474. The summed E-state index contributed by atoms with van der Waals surface area (Å²) in [4.78, 5) is 38.0. The second kappa shape index (κ2) is 8.55. The van der Waals surface area contributed by atoms with Gasteiger partial charge in [0.15, 0.2) is 4.34 Å². The summed E-state index contributed by atoms with van der Waals surface area (Å²) in [6.07, 6.45) is 0. The van der Waals surface area contributed by atoms with Gasteiger partial charge in [-0.25, -0.2) is 13.6 Å². The molecule has 0 spiro atoms. The van der Waals surface area contributed by atoms with Crippen LogP contribution in [0.15, 0.2) is 33.8 Å². The van der Waals surface area contributed by atoms with E-state index in [-0.39, 0.29) is 5.70 Å². The number of fused-ring (bicyclic) bond motifs is 1. The first-order valence-corrected chi connectivity index (χ1v) is 11.7. The van der Waals surface area contributed by atoms with E-state index in [1.54, 1.807) is 0 Å². The molecular formula is C18H14F2N4O4S3. The standard InChI is InChI=1S/C18H14F2N4O4S3/c1-7-22-23-18(31-7)30-6-8-5-29-16-12(15(26)24(16)13(8)17(27)28)21-14(25)11-9(19)3-2-4-10(11)20/h2-4,12,16H,5-6H2,1H3,(H,21,25)(H,27,28)/t12-,16+/m1/s1. The molecule has 2 aliphatic heterocycles. The number of carbonyl (C=O) groups excluding carboxylic acids is 2. The molecule has 1 fully saturated rings. The predicted molar refractivity (Wildman–Crippen MR) is 111 cm³/mol. The smallest absolute Gasteiger partial charge is 0.352 e. The van der Waals surface area contributed by atoms with E-state index in [4.69, 9.17) is 0 Å². The van der Waals surface area contributed by atoms with Gasteiger partial charge in [0, 0.05) is 11.5 Å². The SMILES string of the molecule is Cc1nnc(SCC2=C(C(=O)O)N3C(=O)[C@@H](NC(=O)c4c(F)cccc4F)[C@@H]3SC2)s1. The van der Waals surface area contributed by atoms with Crippen LogP contribution >= 0.6 is 34.9 Å². The van der Waals surface area contributed by atoms with Crippen LogP contribution in [-0.2, 0) is 9.59 Å². The first-order valence-electron chi connectivity index (χ1n) is 8.85. The zero-order valence-corrected chi connectivity index (χ0v) is 18.2. The van der Waals surface area contributed by atoms with E-state index in [2.05, 4.69) is 15.5 Å². The van der Waals surface area contributed by atoms with Crippen molar-refractivity contribution in [1.29, 1.82) is 0 Å². The van der Waals surface area contributed by atoms with Gasteiger partial charge in [-0.1, -0.05) is 29.2 Å². The van der Waals surface area contributed by atoms with Crippen molar-refractivity contribution in [2.75, 3.05) is 11.5 Å². The Labute approximate surface area is 187 Å². The molecule has 13 heteroatoms. The molecule has 3 heterocycles. The molecule has 162 valence electrons. The number of aliphatic carboxylic acids is 1. The largest absolute Gasteiger partial charge is 0.477 e. The first kappa shape index (κ1) is 21.7. The molecule has 1 aromatic heterocycles. The fourth-order valence-corrected chi connectivity index (χ4v) is 6.51. The molecular weight excluding hydrogens is 470 g/mol. The Kier molecular flexibility index (Phi) is 5.99. The highest BCUT2D eigenvalue weighted by Gasteiger charge is 2.54. The molecule has 1 aromatic carbocycles. The van der Waals surface area contributed by atoms with Gasteiger partial charge < -0.3 is 10.4 Å². The van der Waals surface area contributed by atoms with Crippen LogP contribution in [0, 0.1) is 18.6 Å². The van der Waals surface area contributed by atoms with Crippen molar-refractivity contribution in [3.05, 3.63) is 51.7 Å². The Bertz CT molecular complexity index is 1100. The van der Waals surface area contributed by atoms with Crippen molar-refractivity contribution in [2.24, 2.45) is 0 Å². The van der Waals surface area contributed by atoms with Gasteiger partial charge in [0.25, 0.3) is 11.8 Å². The zero-order valence-electron chi connectivity index (χ0n) is 15.8. The van der Waals surface area contributed by atoms with E-state index in [0.717, 1.165) is 28.1 Å².